The number of thiophene rings is 1. The third-order valence-corrected chi connectivity index (χ3v) is 5.89. The molecule has 0 aliphatic heterocycles. The van der Waals surface area contributed by atoms with Crippen molar-refractivity contribution in [1.29, 1.82) is 0 Å². The quantitative estimate of drug-likeness (QED) is 0.626. The zero-order valence-electron chi connectivity index (χ0n) is 14.5. The maximum Gasteiger partial charge on any atom is 0.126 e. The molecule has 126 valence electrons. The topological polar surface area (TPSA) is 28.2 Å². The van der Waals surface area contributed by atoms with Crippen LogP contribution >= 0.6 is 23.1 Å². The van der Waals surface area contributed by atoms with E-state index in [0.29, 0.717) is 6.04 Å². The van der Waals surface area contributed by atoms with Gasteiger partial charge in [-0.25, -0.2) is 4.98 Å². The number of aromatic nitrogens is 1. The molecule has 1 N–H and O–H groups in total. The van der Waals surface area contributed by atoms with E-state index in [-0.39, 0.29) is 0 Å². The Balaban J connectivity index is 1.84. The number of rotatable bonds is 6. The van der Waals surface area contributed by atoms with E-state index >= 15 is 0 Å². The van der Waals surface area contributed by atoms with Crippen molar-refractivity contribution in [2.24, 2.45) is 0 Å². The van der Waals surface area contributed by atoms with Crippen molar-refractivity contribution in [3.8, 4) is 0 Å². The molecule has 2 aromatic heterocycles. The summed E-state index contributed by atoms with van der Waals surface area (Å²) in [6.07, 6.45) is 2.10. The molecule has 0 spiro atoms. The summed E-state index contributed by atoms with van der Waals surface area (Å²) < 4.78 is 0. The number of hydrogen-bond donors (Lipinski definition) is 1. The summed E-state index contributed by atoms with van der Waals surface area (Å²) in [6.45, 7) is 2.99. The predicted molar refractivity (Wildman–Crippen MR) is 107 cm³/mol. The third kappa shape index (κ3) is 3.74. The second-order valence-electron chi connectivity index (χ2n) is 6.08. The summed E-state index contributed by atoms with van der Waals surface area (Å²) in [5.41, 5.74) is 2.31. The van der Waals surface area contributed by atoms with Crippen molar-refractivity contribution in [2.75, 3.05) is 32.2 Å². The normalized spacial score (nSPS) is 12.7. The highest BCUT2D eigenvalue weighted by Crippen LogP contribution is 2.27. The number of nitrogens with zero attached hydrogens (tertiary/aromatic N) is 2. The summed E-state index contributed by atoms with van der Waals surface area (Å²) in [5, 5.41) is 6.89. The lowest BCUT2D eigenvalue weighted by Crippen LogP contribution is -2.26. The Morgan fingerprint density at radius 3 is 2.75 bits per heavy atom. The van der Waals surface area contributed by atoms with Gasteiger partial charge in [-0.15, -0.1) is 23.1 Å². The van der Waals surface area contributed by atoms with Crippen LogP contribution in [-0.2, 0) is 0 Å². The molecule has 0 radical (unpaired) electrons. The van der Waals surface area contributed by atoms with Gasteiger partial charge in [-0.2, -0.15) is 0 Å². The molecule has 0 amide bonds. The third-order valence-electron chi connectivity index (χ3n) is 4.20. The molecule has 1 atom stereocenters. The molecule has 2 heterocycles. The van der Waals surface area contributed by atoms with Crippen LogP contribution in [-0.4, -0.2) is 36.8 Å². The second-order valence-corrected chi connectivity index (χ2v) is 7.94. The number of thioether (sulfide) groups is 1. The maximum atomic E-state index is 4.82. The number of benzene rings is 1. The molecule has 0 aliphatic rings. The molecule has 3 aromatic rings. The summed E-state index contributed by atoms with van der Waals surface area (Å²) in [7, 11) is 4.24. The number of fused-ring (bicyclic) bond motifs is 1. The first-order chi connectivity index (χ1) is 11.6. The van der Waals surface area contributed by atoms with Crippen molar-refractivity contribution in [1.82, 2.24) is 9.88 Å². The van der Waals surface area contributed by atoms with Crippen molar-refractivity contribution in [3.63, 3.8) is 0 Å². The largest absolute Gasteiger partial charge is 0.368 e. The molecule has 0 saturated heterocycles. The van der Waals surface area contributed by atoms with E-state index in [9.17, 15) is 0 Å². The van der Waals surface area contributed by atoms with E-state index in [0.717, 1.165) is 17.9 Å². The van der Waals surface area contributed by atoms with Crippen molar-refractivity contribution >= 4 is 39.8 Å². The van der Waals surface area contributed by atoms with Crippen LogP contribution in [0.2, 0.25) is 0 Å². The van der Waals surface area contributed by atoms with Crippen molar-refractivity contribution < 1.29 is 0 Å². The van der Waals surface area contributed by atoms with Crippen LogP contribution < -0.4 is 5.32 Å². The Morgan fingerprint density at radius 2 is 2.08 bits per heavy atom. The molecule has 3 nitrogen and oxygen atoms in total. The minimum atomic E-state index is 0.348. The monoisotopic (exact) mass is 357 g/mol. The van der Waals surface area contributed by atoms with Gasteiger partial charge in [0, 0.05) is 21.7 Å². The van der Waals surface area contributed by atoms with E-state index in [4.69, 9.17) is 4.98 Å². The average molecular weight is 358 g/mol. The number of pyridine rings is 1. The van der Waals surface area contributed by atoms with Gasteiger partial charge in [-0.1, -0.05) is 12.1 Å². The van der Waals surface area contributed by atoms with Crippen LogP contribution in [0, 0.1) is 6.92 Å². The Morgan fingerprint density at radius 1 is 1.25 bits per heavy atom. The number of aryl methyl sites for hydroxylation is 1. The minimum absolute atomic E-state index is 0.348. The lowest BCUT2D eigenvalue weighted by Gasteiger charge is -2.24. The number of hydrogen-bond acceptors (Lipinski definition) is 5. The standard InChI is InChI=1S/C19H23N3S2/c1-13-10-19(21-16-11-14(23-4)7-8-15(13)16)20-12-17(22(2)3)18-6-5-9-24-18/h5-11,17H,12H2,1-4H3,(H,20,21). The van der Waals surface area contributed by atoms with Gasteiger partial charge in [-0.05, 0) is 62.5 Å². The molecule has 1 unspecified atom stereocenters. The van der Waals surface area contributed by atoms with Crippen LogP contribution in [0.3, 0.4) is 0 Å². The molecule has 3 rings (SSSR count). The second kappa shape index (κ2) is 7.55. The molecule has 0 fully saturated rings. The fourth-order valence-electron chi connectivity index (χ4n) is 2.82. The van der Waals surface area contributed by atoms with Crippen molar-refractivity contribution in [2.45, 2.75) is 17.9 Å². The Kier molecular flexibility index (Phi) is 5.43. The summed E-state index contributed by atoms with van der Waals surface area (Å²) in [4.78, 5) is 9.68. The van der Waals surface area contributed by atoms with Crippen LogP contribution in [0.1, 0.15) is 16.5 Å². The van der Waals surface area contributed by atoms with Gasteiger partial charge < -0.3 is 10.2 Å². The summed E-state index contributed by atoms with van der Waals surface area (Å²) >= 11 is 3.55. The zero-order chi connectivity index (χ0) is 17.1. The van der Waals surface area contributed by atoms with Gasteiger partial charge >= 0.3 is 0 Å². The molecule has 0 aliphatic carbocycles. The fourth-order valence-corrected chi connectivity index (χ4v) is 4.18. The minimum Gasteiger partial charge on any atom is -0.368 e. The van der Waals surface area contributed by atoms with Gasteiger partial charge in [0.2, 0.25) is 0 Å². The molecular weight excluding hydrogens is 334 g/mol. The van der Waals surface area contributed by atoms with Crippen LogP contribution in [0.4, 0.5) is 5.82 Å². The first-order valence-electron chi connectivity index (χ1n) is 7.97. The average Bonchev–Trinajstić information content (AvgIpc) is 3.08. The van der Waals surface area contributed by atoms with Gasteiger partial charge in [0.25, 0.3) is 0 Å². The van der Waals surface area contributed by atoms with E-state index in [1.54, 1.807) is 23.1 Å². The van der Waals surface area contributed by atoms with E-state index < -0.39 is 0 Å². The highest BCUT2D eigenvalue weighted by molar-refractivity contribution is 7.98. The molecule has 0 bridgehead atoms. The van der Waals surface area contributed by atoms with Crippen LogP contribution in [0.25, 0.3) is 10.9 Å². The van der Waals surface area contributed by atoms with E-state index in [1.807, 2.05) is 0 Å². The van der Waals surface area contributed by atoms with Crippen LogP contribution in [0.15, 0.2) is 46.7 Å². The highest BCUT2D eigenvalue weighted by Gasteiger charge is 2.15. The molecule has 24 heavy (non-hydrogen) atoms. The fraction of sp³-hybridized carbons (Fsp3) is 0.316. The SMILES string of the molecule is CSc1ccc2c(C)cc(NCC(c3cccs3)N(C)C)nc2c1. The predicted octanol–water partition coefficient (Wildman–Crippen LogP) is 5.04. The summed E-state index contributed by atoms with van der Waals surface area (Å²) in [6, 6.07) is 13.3. The number of anilines is 1. The summed E-state index contributed by atoms with van der Waals surface area (Å²) in [5.74, 6) is 0.946. The lowest BCUT2D eigenvalue weighted by molar-refractivity contribution is 0.316. The lowest BCUT2D eigenvalue weighted by atomic mass is 10.1. The van der Waals surface area contributed by atoms with Gasteiger partial charge in [0.1, 0.15) is 5.82 Å². The van der Waals surface area contributed by atoms with Gasteiger partial charge in [0.05, 0.1) is 11.6 Å². The van der Waals surface area contributed by atoms with E-state index in [1.165, 1.54) is 20.7 Å². The number of nitrogens with one attached hydrogen (secondary N) is 1. The van der Waals surface area contributed by atoms with Crippen LogP contribution in [0.5, 0.6) is 0 Å². The Hall–Kier alpha value is -1.56. The highest BCUT2D eigenvalue weighted by atomic mass is 32.2. The Bertz CT molecular complexity index is 813. The molecular formula is C19H23N3S2. The van der Waals surface area contributed by atoms with Gasteiger partial charge in [0.15, 0.2) is 0 Å². The maximum absolute atomic E-state index is 4.82. The number of likely N-dealkylation sites (N-methyl/N-ethyl adjacent to an activating group) is 1. The first kappa shape index (κ1) is 17.3. The molecule has 0 saturated carbocycles. The first-order valence-corrected chi connectivity index (χ1v) is 10.1. The molecule has 1 aromatic carbocycles. The molecule has 5 heteroatoms. The van der Waals surface area contributed by atoms with Crippen molar-refractivity contribution in [3.05, 3.63) is 52.2 Å². The zero-order valence-corrected chi connectivity index (χ0v) is 16.2. The smallest absolute Gasteiger partial charge is 0.126 e. The Labute approximate surface area is 152 Å². The van der Waals surface area contributed by atoms with E-state index in [2.05, 4.69) is 79.3 Å². The van der Waals surface area contributed by atoms with Gasteiger partial charge in [-0.3, -0.25) is 0 Å².